The molecule has 1 unspecified atom stereocenters. The highest BCUT2D eigenvalue weighted by Crippen LogP contribution is 2.29. The van der Waals surface area contributed by atoms with Gasteiger partial charge < -0.3 is 10.6 Å². The molecule has 3 nitrogen and oxygen atoms in total. The lowest BCUT2D eigenvalue weighted by atomic mass is 9.92. The molecule has 1 heterocycles. The third kappa shape index (κ3) is 1.83. The molecular formula is C13H18N2O. The summed E-state index contributed by atoms with van der Waals surface area (Å²) < 4.78 is 0. The fourth-order valence-electron chi connectivity index (χ4n) is 2.41. The van der Waals surface area contributed by atoms with Gasteiger partial charge in [-0.25, -0.2) is 0 Å². The van der Waals surface area contributed by atoms with E-state index in [1.807, 2.05) is 24.0 Å². The molecule has 0 bridgehead atoms. The van der Waals surface area contributed by atoms with E-state index in [4.69, 9.17) is 5.73 Å². The van der Waals surface area contributed by atoms with Crippen LogP contribution >= 0.6 is 0 Å². The van der Waals surface area contributed by atoms with E-state index in [0.717, 1.165) is 13.0 Å². The molecule has 0 aromatic heterocycles. The first kappa shape index (κ1) is 11.1. The molecular weight excluding hydrogens is 200 g/mol. The van der Waals surface area contributed by atoms with Crippen molar-refractivity contribution in [3.63, 3.8) is 0 Å². The van der Waals surface area contributed by atoms with Gasteiger partial charge in [0.05, 0.1) is 6.04 Å². The molecule has 3 heteroatoms. The van der Waals surface area contributed by atoms with Gasteiger partial charge in [-0.3, -0.25) is 4.79 Å². The Hall–Kier alpha value is -1.35. The Labute approximate surface area is 96.2 Å². The topological polar surface area (TPSA) is 46.3 Å². The van der Waals surface area contributed by atoms with E-state index in [1.165, 1.54) is 11.1 Å². The van der Waals surface area contributed by atoms with Gasteiger partial charge in [0, 0.05) is 19.5 Å². The van der Waals surface area contributed by atoms with Crippen molar-refractivity contribution in [2.75, 3.05) is 13.1 Å². The first-order chi connectivity index (χ1) is 7.77. The average Bonchev–Trinajstić information content (AvgIpc) is 2.36. The zero-order valence-electron chi connectivity index (χ0n) is 9.65. The van der Waals surface area contributed by atoms with Gasteiger partial charge in [0.2, 0.25) is 5.91 Å². The molecule has 0 saturated carbocycles. The van der Waals surface area contributed by atoms with Crippen LogP contribution in [0.2, 0.25) is 0 Å². The van der Waals surface area contributed by atoms with Crippen LogP contribution in [0.4, 0.5) is 0 Å². The Morgan fingerprint density at radius 2 is 2.25 bits per heavy atom. The molecule has 86 valence electrons. The number of nitrogens with zero attached hydrogens (tertiary/aromatic N) is 1. The first-order valence-electron chi connectivity index (χ1n) is 5.85. The quantitative estimate of drug-likeness (QED) is 0.817. The fraction of sp³-hybridized carbons (Fsp3) is 0.462. The number of rotatable bonds is 2. The van der Waals surface area contributed by atoms with Crippen molar-refractivity contribution in [3.05, 3.63) is 35.4 Å². The minimum Gasteiger partial charge on any atom is -0.334 e. The van der Waals surface area contributed by atoms with Gasteiger partial charge in [-0.1, -0.05) is 31.2 Å². The highest BCUT2D eigenvalue weighted by atomic mass is 16.2. The van der Waals surface area contributed by atoms with Crippen LogP contribution in [0.5, 0.6) is 0 Å². The van der Waals surface area contributed by atoms with Crippen LogP contribution in [-0.4, -0.2) is 23.9 Å². The lowest BCUT2D eigenvalue weighted by Crippen LogP contribution is -2.42. The molecule has 1 aromatic rings. The summed E-state index contributed by atoms with van der Waals surface area (Å²) in [4.78, 5) is 13.7. The second kappa shape index (κ2) is 4.66. The van der Waals surface area contributed by atoms with Crippen molar-refractivity contribution >= 4 is 5.91 Å². The summed E-state index contributed by atoms with van der Waals surface area (Å²) in [5.41, 5.74) is 8.36. The highest BCUT2D eigenvalue weighted by Gasteiger charge is 2.28. The predicted octanol–water partition coefficient (Wildman–Crippen LogP) is 1.48. The average molecular weight is 218 g/mol. The normalized spacial score (nSPS) is 19.4. The van der Waals surface area contributed by atoms with E-state index in [1.54, 1.807) is 0 Å². The second-order valence-electron chi connectivity index (χ2n) is 4.14. The van der Waals surface area contributed by atoms with Gasteiger partial charge in [-0.05, 0) is 17.5 Å². The molecule has 16 heavy (non-hydrogen) atoms. The van der Waals surface area contributed by atoms with Crippen molar-refractivity contribution in [3.8, 4) is 0 Å². The Balaban J connectivity index is 2.33. The number of hydrogen-bond donors (Lipinski definition) is 1. The maximum Gasteiger partial charge on any atom is 0.222 e. The summed E-state index contributed by atoms with van der Waals surface area (Å²) >= 11 is 0. The van der Waals surface area contributed by atoms with Gasteiger partial charge in [0.25, 0.3) is 0 Å². The van der Waals surface area contributed by atoms with Crippen LogP contribution in [0.15, 0.2) is 24.3 Å². The van der Waals surface area contributed by atoms with Crippen molar-refractivity contribution in [1.29, 1.82) is 0 Å². The zero-order chi connectivity index (χ0) is 11.5. The van der Waals surface area contributed by atoms with Crippen molar-refractivity contribution in [1.82, 2.24) is 4.90 Å². The molecule has 2 rings (SSSR count). The fourth-order valence-corrected chi connectivity index (χ4v) is 2.41. The molecule has 0 radical (unpaired) electrons. The van der Waals surface area contributed by atoms with Gasteiger partial charge in [-0.15, -0.1) is 0 Å². The summed E-state index contributed by atoms with van der Waals surface area (Å²) in [6.45, 7) is 3.20. The van der Waals surface area contributed by atoms with E-state index in [9.17, 15) is 4.79 Å². The van der Waals surface area contributed by atoms with E-state index < -0.39 is 0 Å². The molecule has 0 fully saturated rings. The molecule has 2 N–H and O–H groups in total. The maximum atomic E-state index is 11.8. The number of fused-ring (bicyclic) bond motifs is 1. The van der Waals surface area contributed by atoms with Gasteiger partial charge in [0.1, 0.15) is 0 Å². The van der Waals surface area contributed by atoms with Crippen LogP contribution in [0.1, 0.15) is 30.5 Å². The van der Waals surface area contributed by atoms with E-state index >= 15 is 0 Å². The summed E-state index contributed by atoms with van der Waals surface area (Å²) in [6, 6.07) is 8.34. The Bertz CT molecular complexity index is 389. The maximum absolute atomic E-state index is 11.8. The Morgan fingerprint density at radius 1 is 1.50 bits per heavy atom. The molecule has 1 aromatic carbocycles. The van der Waals surface area contributed by atoms with Crippen molar-refractivity contribution < 1.29 is 4.79 Å². The lowest BCUT2D eigenvalue weighted by molar-refractivity contribution is -0.133. The number of nitrogens with two attached hydrogens (primary N) is 1. The molecule has 1 atom stereocenters. The predicted molar refractivity (Wildman–Crippen MR) is 63.9 cm³/mol. The second-order valence-corrected chi connectivity index (χ2v) is 4.14. The van der Waals surface area contributed by atoms with Crippen LogP contribution in [0, 0.1) is 0 Å². The van der Waals surface area contributed by atoms with E-state index in [0.29, 0.717) is 13.0 Å². The summed E-state index contributed by atoms with van der Waals surface area (Å²) in [5, 5.41) is 0. The summed E-state index contributed by atoms with van der Waals surface area (Å²) in [5.74, 6) is 0.199. The number of benzene rings is 1. The molecule has 1 aliphatic rings. The molecule has 1 aliphatic heterocycles. The van der Waals surface area contributed by atoms with Crippen molar-refractivity contribution in [2.24, 2.45) is 5.73 Å². The standard InChI is InChI=1S/C13H18N2O/c1-2-13(16)15-8-7-10-5-3-4-6-11(10)12(15)9-14/h3-6,12H,2,7-9,14H2,1H3. The number of hydrogen-bond acceptors (Lipinski definition) is 2. The Kier molecular flexibility index (Phi) is 3.25. The molecule has 0 saturated heterocycles. The minimum atomic E-state index is 0.0670. The smallest absolute Gasteiger partial charge is 0.222 e. The van der Waals surface area contributed by atoms with E-state index in [2.05, 4.69) is 12.1 Å². The third-order valence-electron chi connectivity index (χ3n) is 3.26. The SMILES string of the molecule is CCC(=O)N1CCc2ccccc2C1CN. The Morgan fingerprint density at radius 3 is 2.94 bits per heavy atom. The third-order valence-corrected chi connectivity index (χ3v) is 3.26. The molecule has 0 aliphatic carbocycles. The van der Waals surface area contributed by atoms with Gasteiger partial charge in [-0.2, -0.15) is 0 Å². The highest BCUT2D eigenvalue weighted by molar-refractivity contribution is 5.76. The van der Waals surface area contributed by atoms with Gasteiger partial charge in [0.15, 0.2) is 0 Å². The summed E-state index contributed by atoms with van der Waals surface area (Å²) in [7, 11) is 0. The number of carbonyl (C=O) groups is 1. The minimum absolute atomic E-state index is 0.0670. The first-order valence-corrected chi connectivity index (χ1v) is 5.85. The van der Waals surface area contributed by atoms with Crippen LogP contribution < -0.4 is 5.73 Å². The van der Waals surface area contributed by atoms with Crippen molar-refractivity contribution in [2.45, 2.75) is 25.8 Å². The monoisotopic (exact) mass is 218 g/mol. The summed E-state index contributed by atoms with van der Waals surface area (Å²) in [6.07, 6.45) is 1.50. The van der Waals surface area contributed by atoms with E-state index in [-0.39, 0.29) is 11.9 Å². The number of amides is 1. The van der Waals surface area contributed by atoms with Crippen LogP contribution in [-0.2, 0) is 11.2 Å². The van der Waals surface area contributed by atoms with Gasteiger partial charge >= 0.3 is 0 Å². The molecule has 1 amide bonds. The lowest BCUT2D eigenvalue weighted by Gasteiger charge is -2.36. The molecule has 0 spiro atoms. The number of carbonyl (C=O) groups excluding carboxylic acids is 1. The largest absolute Gasteiger partial charge is 0.334 e. The van der Waals surface area contributed by atoms with Crippen LogP contribution in [0.25, 0.3) is 0 Å². The van der Waals surface area contributed by atoms with Crippen LogP contribution in [0.3, 0.4) is 0 Å². The zero-order valence-corrected chi connectivity index (χ0v) is 9.65.